The molecule has 1 aliphatic heterocycles. The second-order valence-electron chi connectivity index (χ2n) is 11.7. The van der Waals surface area contributed by atoms with Crippen LogP contribution in [0.25, 0.3) is 0 Å². The Hall–Kier alpha value is -2.47. The molecule has 4 rings (SSSR count). The van der Waals surface area contributed by atoms with Gasteiger partial charge in [-0.1, -0.05) is 64.4 Å². The third-order valence-corrected chi connectivity index (χ3v) is 8.31. The van der Waals surface area contributed by atoms with Gasteiger partial charge in [-0.25, -0.2) is 0 Å². The van der Waals surface area contributed by atoms with Crippen LogP contribution in [0.4, 0.5) is 0 Å². The van der Waals surface area contributed by atoms with Gasteiger partial charge >= 0.3 is 0 Å². The van der Waals surface area contributed by atoms with Crippen molar-refractivity contribution in [3.05, 3.63) is 41.3 Å². The quantitative estimate of drug-likeness (QED) is 0.347. The standard InChI is InChI=1S/C30H43N5O5S.ClH/c1-19(2)17-24(29-33-34-30(40-29)41-20(3)4)28(38)32-27(37)23-7-5-6-8-25(23)31-26(36)22-11-9-21(10-12-22)18-35-13-15-39-16-14-35;/h9-12,19-20,23-25H,5-8,13-18H2,1-4H3,(H,31,36)(H,32,37,38);1H/t23-,24-,25+;/m1./s1. The number of imide groups is 1. The van der Waals surface area contributed by atoms with Crippen LogP contribution in [0.3, 0.4) is 0 Å². The average molecular weight is 622 g/mol. The first-order valence-electron chi connectivity index (χ1n) is 14.7. The molecule has 2 heterocycles. The molecule has 42 heavy (non-hydrogen) atoms. The number of benzene rings is 1. The van der Waals surface area contributed by atoms with Crippen LogP contribution in [-0.2, 0) is 20.9 Å². The molecule has 2 aromatic rings. The Morgan fingerprint density at radius 3 is 2.38 bits per heavy atom. The van der Waals surface area contributed by atoms with Crippen molar-refractivity contribution in [2.24, 2.45) is 11.8 Å². The van der Waals surface area contributed by atoms with Crippen LogP contribution < -0.4 is 10.6 Å². The van der Waals surface area contributed by atoms with E-state index in [2.05, 4.69) is 25.7 Å². The Balaban J connectivity index is 0.00000484. The van der Waals surface area contributed by atoms with Crippen molar-refractivity contribution in [2.75, 3.05) is 26.3 Å². The fourth-order valence-corrected chi connectivity index (χ4v) is 5.98. The van der Waals surface area contributed by atoms with Crippen LogP contribution in [0.2, 0.25) is 0 Å². The van der Waals surface area contributed by atoms with Crippen LogP contribution in [-0.4, -0.2) is 70.4 Å². The van der Waals surface area contributed by atoms with E-state index in [1.807, 2.05) is 52.0 Å². The van der Waals surface area contributed by atoms with E-state index in [-0.39, 0.29) is 47.3 Å². The van der Waals surface area contributed by atoms with Crippen molar-refractivity contribution in [1.82, 2.24) is 25.7 Å². The van der Waals surface area contributed by atoms with Gasteiger partial charge in [0.25, 0.3) is 11.1 Å². The number of hydrogen-bond donors (Lipinski definition) is 2. The van der Waals surface area contributed by atoms with Crippen molar-refractivity contribution in [2.45, 2.75) is 88.8 Å². The number of halogens is 1. The molecular formula is C30H44ClN5O5S. The predicted molar refractivity (Wildman–Crippen MR) is 164 cm³/mol. The van der Waals surface area contributed by atoms with Gasteiger partial charge in [0.15, 0.2) is 0 Å². The maximum Gasteiger partial charge on any atom is 0.276 e. The number of ether oxygens (including phenoxy) is 1. The van der Waals surface area contributed by atoms with E-state index in [0.29, 0.717) is 30.0 Å². The average Bonchev–Trinajstić information content (AvgIpc) is 3.40. The summed E-state index contributed by atoms with van der Waals surface area (Å²) in [7, 11) is 0. The van der Waals surface area contributed by atoms with E-state index < -0.39 is 17.7 Å². The second-order valence-corrected chi connectivity index (χ2v) is 13.2. The number of nitrogens with one attached hydrogen (secondary N) is 2. The fraction of sp³-hybridized carbons (Fsp3) is 0.633. The molecule has 3 atom stereocenters. The van der Waals surface area contributed by atoms with Gasteiger partial charge in [0.2, 0.25) is 17.7 Å². The van der Waals surface area contributed by atoms with Gasteiger partial charge in [0.1, 0.15) is 5.92 Å². The number of rotatable bonds is 11. The third-order valence-electron chi connectivity index (χ3n) is 7.47. The first-order valence-corrected chi connectivity index (χ1v) is 15.6. The van der Waals surface area contributed by atoms with Gasteiger partial charge < -0.3 is 14.5 Å². The Morgan fingerprint density at radius 1 is 1.02 bits per heavy atom. The highest BCUT2D eigenvalue weighted by molar-refractivity contribution is 7.99. The SMILES string of the molecule is CC(C)C[C@H](C(=O)NC(=O)[C@@H]1CCCC[C@@H]1NC(=O)c1ccc(CN2CCOCC2)cc1)c1nnc(SC(C)C)o1.Cl. The van der Waals surface area contributed by atoms with Crippen molar-refractivity contribution in [1.29, 1.82) is 0 Å². The van der Waals surface area contributed by atoms with Crippen molar-refractivity contribution in [3.63, 3.8) is 0 Å². The molecule has 232 valence electrons. The van der Waals surface area contributed by atoms with E-state index >= 15 is 0 Å². The number of morpholine rings is 1. The zero-order chi connectivity index (χ0) is 29.4. The summed E-state index contributed by atoms with van der Waals surface area (Å²) in [4.78, 5) is 42.2. The van der Waals surface area contributed by atoms with Crippen LogP contribution in [0.5, 0.6) is 0 Å². The predicted octanol–water partition coefficient (Wildman–Crippen LogP) is 4.59. The largest absolute Gasteiger partial charge is 0.415 e. The lowest BCUT2D eigenvalue weighted by Gasteiger charge is -2.31. The lowest BCUT2D eigenvalue weighted by molar-refractivity contribution is -0.135. The molecule has 12 heteroatoms. The molecule has 1 saturated carbocycles. The number of carbonyl (C=O) groups excluding carboxylic acids is 3. The maximum atomic E-state index is 13.4. The number of carbonyl (C=O) groups is 3. The van der Waals surface area contributed by atoms with Gasteiger partial charge in [-0.2, -0.15) is 0 Å². The normalized spacial score (nSPS) is 20.1. The van der Waals surface area contributed by atoms with Gasteiger partial charge in [-0.05, 0) is 42.9 Å². The number of amides is 3. The molecule has 0 radical (unpaired) electrons. The summed E-state index contributed by atoms with van der Waals surface area (Å²) in [6, 6.07) is 7.27. The minimum Gasteiger partial charge on any atom is -0.415 e. The third kappa shape index (κ3) is 9.79. The van der Waals surface area contributed by atoms with E-state index in [9.17, 15) is 14.4 Å². The maximum absolute atomic E-state index is 13.4. The first-order chi connectivity index (χ1) is 19.7. The number of hydrogen-bond acceptors (Lipinski definition) is 9. The highest BCUT2D eigenvalue weighted by Gasteiger charge is 2.36. The summed E-state index contributed by atoms with van der Waals surface area (Å²) in [5.74, 6) is -1.84. The molecule has 1 aromatic carbocycles. The van der Waals surface area contributed by atoms with E-state index in [0.717, 1.165) is 51.3 Å². The molecule has 2 N–H and O–H groups in total. The van der Waals surface area contributed by atoms with Gasteiger partial charge in [0.05, 0.1) is 19.1 Å². The fourth-order valence-electron chi connectivity index (χ4n) is 5.35. The Bertz CT molecular complexity index is 1170. The summed E-state index contributed by atoms with van der Waals surface area (Å²) in [6.07, 6.45) is 3.54. The molecular weight excluding hydrogens is 578 g/mol. The highest BCUT2D eigenvalue weighted by atomic mass is 35.5. The molecule has 10 nitrogen and oxygen atoms in total. The van der Waals surface area contributed by atoms with E-state index in [1.165, 1.54) is 11.8 Å². The van der Waals surface area contributed by atoms with Gasteiger partial charge in [-0.15, -0.1) is 22.6 Å². The van der Waals surface area contributed by atoms with E-state index in [1.54, 1.807) is 0 Å². The molecule has 1 saturated heterocycles. The molecule has 0 spiro atoms. The minimum absolute atomic E-state index is 0. The lowest BCUT2D eigenvalue weighted by atomic mass is 9.83. The van der Waals surface area contributed by atoms with Crippen molar-refractivity contribution in [3.8, 4) is 0 Å². The summed E-state index contributed by atoms with van der Waals surface area (Å²) in [5.41, 5.74) is 1.70. The van der Waals surface area contributed by atoms with Crippen molar-refractivity contribution >= 4 is 41.9 Å². The van der Waals surface area contributed by atoms with E-state index in [4.69, 9.17) is 9.15 Å². The molecule has 0 bridgehead atoms. The molecule has 3 amide bonds. The summed E-state index contributed by atoms with van der Waals surface area (Å²) < 4.78 is 11.2. The Labute approximate surface area is 258 Å². The van der Waals surface area contributed by atoms with Crippen LogP contribution >= 0.6 is 24.2 Å². The zero-order valence-electron chi connectivity index (χ0n) is 25.0. The Morgan fingerprint density at radius 2 is 1.71 bits per heavy atom. The molecule has 1 aliphatic carbocycles. The monoisotopic (exact) mass is 621 g/mol. The Kier molecular flexibility index (Phi) is 13.3. The zero-order valence-corrected chi connectivity index (χ0v) is 26.6. The molecule has 2 fully saturated rings. The number of nitrogens with zero attached hydrogens (tertiary/aromatic N) is 3. The highest BCUT2D eigenvalue weighted by Crippen LogP contribution is 2.29. The van der Waals surface area contributed by atoms with Crippen LogP contribution in [0.15, 0.2) is 33.9 Å². The molecule has 0 unspecified atom stereocenters. The lowest BCUT2D eigenvalue weighted by Crippen LogP contribution is -2.50. The summed E-state index contributed by atoms with van der Waals surface area (Å²) >= 11 is 1.43. The molecule has 1 aromatic heterocycles. The topological polar surface area (TPSA) is 127 Å². The van der Waals surface area contributed by atoms with Crippen LogP contribution in [0, 0.1) is 11.8 Å². The summed E-state index contributed by atoms with van der Waals surface area (Å²) in [6.45, 7) is 12.2. The molecule has 2 aliphatic rings. The number of thioether (sulfide) groups is 1. The first kappa shape index (κ1) is 34.0. The smallest absolute Gasteiger partial charge is 0.276 e. The van der Waals surface area contributed by atoms with Gasteiger partial charge in [0, 0.05) is 36.5 Å². The van der Waals surface area contributed by atoms with Crippen LogP contribution in [0.1, 0.15) is 87.5 Å². The summed E-state index contributed by atoms with van der Waals surface area (Å²) in [5, 5.41) is 14.5. The second kappa shape index (κ2) is 16.4. The minimum atomic E-state index is -0.722. The van der Waals surface area contributed by atoms with Crippen molar-refractivity contribution < 1.29 is 23.5 Å². The number of aromatic nitrogens is 2. The van der Waals surface area contributed by atoms with Gasteiger partial charge in [-0.3, -0.25) is 24.6 Å².